The van der Waals surface area contributed by atoms with Gasteiger partial charge in [0.2, 0.25) is 0 Å². The topological polar surface area (TPSA) is 73.0 Å². The maximum atomic E-state index is 11.1. The molecular formula is C11H20N4O2. The molecule has 0 saturated carbocycles. The van der Waals surface area contributed by atoms with E-state index >= 15 is 0 Å². The van der Waals surface area contributed by atoms with Crippen LogP contribution in [0.2, 0.25) is 0 Å². The van der Waals surface area contributed by atoms with Crippen LogP contribution in [0.25, 0.3) is 0 Å². The van der Waals surface area contributed by atoms with Crippen molar-refractivity contribution in [1.29, 1.82) is 0 Å². The van der Waals surface area contributed by atoms with Crippen LogP contribution >= 0.6 is 0 Å². The van der Waals surface area contributed by atoms with E-state index in [2.05, 4.69) is 10.4 Å². The Balaban J connectivity index is 3.32. The summed E-state index contributed by atoms with van der Waals surface area (Å²) in [7, 11) is 3.63. The molecule has 0 aliphatic heterocycles. The van der Waals surface area contributed by atoms with Crippen molar-refractivity contribution in [3.8, 4) is 0 Å². The first-order valence-electron chi connectivity index (χ1n) is 5.79. The van der Waals surface area contributed by atoms with Crippen LogP contribution in [0.3, 0.4) is 0 Å². The monoisotopic (exact) mass is 240 g/mol. The van der Waals surface area contributed by atoms with Crippen LogP contribution in [-0.4, -0.2) is 27.8 Å². The van der Waals surface area contributed by atoms with E-state index in [4.69, 9.17) is 0 Å². The summed E-state index contributed by atoms with van der Waals surface area (Å²) in [6.07, 6.45) is 0.835. The molecule has 0 saturated heterocycles. The van der Waals surface area contributed by atoms with Gasteiger partial charge in [-0.3, -0.25) is 14.8 Å². The predicted molar refractivity (Wildman–Crippen MR) is 66.2 cm³/mol. The number of nitro groups is 1. The van der Waals surface area contributed by atoms with Crippen LogP contribution < -0.4 is 5.32 Å². The van der Waals surface area contributed by atoms with Crippen LogP contribution in [0.4, 0.5) is 5.69 Å². The van der Waals surface area contributed by atoms with Gasteiger partial charge in [-0.2, -0.15) is 5.10 Å². The summed E-state index contributed by atoms with van der Waals surface area (Å²) in [5.41, 5.74) is 1.34. The van der Waals surface area contributed by atoms with Gasteiger partial charge in [-0.15, -0.1) is 0 Å². The zero-order valence-electron chi connectivity index (χ0n) is 11.0. The van der Waals surface area contributed by atoms with Gasteiger partial charge in [0.1, 0.15) is 11.4 Å². The zero-order valence-corrected chi connectivity index (χ0v) is 11.0. The fourth-order valence-electron chi connectivity index (χ4n) is 2.29. The molecule has 0 aliphatic rings. The van der Waals surface area contributed by atoms with E-state index in [0.29, 0.717) is 11.4 Å². The molecule has 6 heteroatoms. The van der Waals surface area contributed by atoms with Crippen molar-refractivity contribution < 1.29 is 4.92 Å². The van der Waals surface area contributed by atoms with E-state index in [1.807, 2.05) is 20.9 Å². The molecule has 0 bridgehead atoms. The lowest BCUT2D eigenvalue weighted by Crippen LogP contribution is -2.30. The third kappa shape index (κ3) is 2.46. The van der Waals surface area contributed by atoms with Gasteiger partial charge in [-0.25, -0.2) is 0 Å². The van der Waals surface area contributed by atoms with Gasteiger partial charge in [-0.1, -0.05) is 6.92 Å². The van der Waals surface area contributed by atoms with Crippen molar-refractivity contribution in [2.24, 2.45) is 7.05 Å². The zero-order chi connectivity index (χ0) is 13.2. The minimum Gasteiger partial charge on any atom is -0.317 e. The van der Waals surface area contributed by atoms with Crippen molar-refractivity contribution in [2.45, 2.75) is 39.2 Å². The van der Waals surface area contributed by atoms with E-state index in [0.717, 1.165) is 6.42 Å². The predicted octanol–water partition coefficient (Wildman–Crippen LogP) is 1.74. The van der Waals surface area contributed by atoms with Crippen LogP contribution in [0.15, 0.2) is 0 Å². The Labute approximate surface area is 101 Å². The van der Waals surface area contributed by atoms with Gasteiger partial charge in [0.15, 0.2) is 0 Å². The SMILES string of the molecule is CCC(c1c([N+](=O)[O-])c(C)nn1C)C(C)NC. The number of rotatable bonds is 5. The number of aromatic nitrogens is 2. The summed E-state index contributed by atoms with van der Waals surface area (Å²) >= 11 is 0. The highest BCUT2D eigenvalue weighted by Gasteiger charge is 2.31. The molecule has 17 heavy (non-hydrogen) atoms. The van der Waals surface area contributed by atoms with Gasteiger partial charge < -0.3 is 5.32 Å². The molecule has 1 heterocycles. The minimum absolute atomic E-state index is 0.0894. The summed E-state index contributed by atoms with van der Waals surface area (Å²) < 4.78 is 1.63. The van der Waals surface area contributed by atoms with Crippen LogP contribution in [-0.2, 0) is 7.05 Å². The van der Waals surface area contributed by atoms with Gasteiger partial charge in [0.05, 0.1) is 4.92 Å². The second kappa shape index (κ2) is 5.27. The molecule has 0 aliphatic carbocycles. The lowest BCUT2D eigenvalue weighted by Gasteiger charge is -2.21. The normalized spacial score (nSPS) is 14.6. The van der Waals surface area contributed by atoms with E-state index in [1.165, 1.54) is 0 Å². The molecule has 96 valence electrons. The highest BCUT2D eigenvalue weighted by molar-refractivity contribution is 5.43. The second-order valence-corrected chi connectivity index (χ2v) is 4.29. The number of likely N-dealkylation sites (N-methyl/N-ethyl adjacent to an activating group) is 1. The number of hydrogen-bond donors (Lipinski definition) is 1. The molecule has 0 aromatic carbocycles. The molecule has 1 aromatic rings. The van der Waals surface area contributed by atoms with Crippen LogP contribution in [0, 0.1) is 17.0 Å². The highest BCUT2D eigenvalue weighted by atomic mass is 16.6. The Morgan fingerprint density at radius 1 is 1.59 bits per heavy atom. The standard InChI is InChI=1S/C11H20N4O2/c1-6-9(7(2)12-4)11-10(15(16)17)8(3)13-14(11)5/h7,9,12H,6H2,1-5H3. The molecule has 2 unspecified atom stereocenters. The summed E-state index contributed by atoms with van der Waals surface area (Å²) in [6, 6.07) is 0.175. The number of nitrogens with one attached hydrogen (secondary N) is 1. The Bertz CT molecular complexity index is 414. The van der Waals surface area contributed by atoms with E-state index < -0.39 is 0 Å². The largest absolute Gasteiger partial charge is 0.317 e. The summed E-state index contributed by atoms with van der Waals surface area (Å²) in [4.78, 5) is 10.8. The first kappa shape index (κ1) is 13.6. The van der Waals surface area contributed by atoms with Crippen molar-refractivity contribution >= 4 is 5.69 Å². The van der Waals surface area contributed by atoms with Gasteiger partial charge in [0, 0.05) is 19.0 Å². The molecule has 0 amide bonds. The minimum atomic E-state index is -0.331. The van der Waals surface area contributed by atoms with Crippen molar-refractivity contribution in [3.05, 3.63) is 21.5 Å². The van der Waals surface area contributed by atoms with Gasteiger partial charge in [0.25, 0.3) is 0 Å². The molecule has 2 atom stereocenters. The smallest absolute Gasteiger partial charge is 0.313 e. The van der Waals surface area contributed by atoms with E-state index in [-0.39, 0.29) is 22.6 Å². The third-order valence-corrected chi connectivity index (χ3v) is 3.27. The van der Waals surface area contributed by atoms with E-state index in [1.54, 1.807) is 18.7 Å². The molecule has 1 rings (SSSR count). The van der Waals surface area contributed by atoms with E-state index in [9.17, 15) is 10.1 Å². The summed E-state index contributed by atoms with van der Waals surface area (Å²) in [5.74, 6) is 0.0894. The Hall–Kier alpha value is -1.43. The molecule has 0 spiro atoms. The first-order chi connectivity index (χ1) is 7.93. The molecule has 1 aromatic heterocycles. The average Bonchev–Trinajstić information content (AvgIpc) is 2.55. The molecule has 6 nitrogen and oxygen atoms in total. The molecular weight excluding hydrogens is 220 g/mol. The fraction of sp³-hybridized carbons (Fsp3) is 0.727. The average molecular weight is 240 g/mol. The van der Waals surface area contributed by atoms with Crippen molar-refractivity contribution in [3.63, 3.8) is 0 Å². The lowest BCUT2D eigenvalue weighted by molar-refractivity contribution is -0.386. The Morgan fingerprint density at radius 2 is 2.18 bits per heavy atom. The van der Waals surface area contributed by atoms with Crippen molar-refractivity contribution in [2.75, 3.05) is 7.05 Å². The third-order valence-electron chi connectivity index (χ3n) is 3.27. The maximum absolute atomic E-state index is 11.1. The van der Waals surface area contributed by atoms with Crippen LogP contribution in [0.1, 0.15) is 37.6 Å². The maximum Gasteiger partial charge on any atom is 0.313 e. The number of hydrogen-bond acceptors (Lipinski definition) is 4. The molecule has 0 radical (unpaired) electrons. The molecule has 0 fully saturated rings. The van der Waals surface area contributed by atoms with Gasteiger partial charge >= 0.3 is 5.69 Å². The quantitative estimate of drug-likeness (QED) is 0.628. The number of nitrogens with zero attached hydrogens (tertiary/aromatic N) is 3. The Morgan fingerprint density at radius 3 is 2.59 bits per heavy atom. The lowest BCUT2D eigenvalue weighted by atomic mass is 9.93. The summed E-state index contributed by atoms with van der Waals surface area (Å²) in [5, 5.41) is 18.4. The first-order valence-corrected chi connectivity index (χ1v) is 5.79. The summed E-state index contributed by atoms with van der Waals surface area (Å²) in [6.45, 7) is 5.74. The Kier molecular flexibility index (Phi) is 4.22. The molecule has 1 N–H and O–H groups in total. The van der Waals surface area contributed by atoms with Crippen LogP contribution in [0.5, 0.6) is 0 Å². The second-order valence-electron chi connectivity index (χ2n) is 4.29. The number of aryl methyl sites for hydroxylation is 2. The highest BCUT2D eigenvalue weighted by Crippen LogP contribution is 2.33. The fourth-order valence-corrected chi connectivity index (χ4v) is 2.29. The van der Waals surface area contributed by atoms with Crippen molar-refractivity contribution in [1.82, 2.24) is 15.1 Å². The van der Waals surface area contributed by atoms with Gasteiger partial charge in [-0.05, 0) is 27.3 Å².